The molecule has 25 heavy (non-hydrogen) atoms. The molecule has 0 bridgehead atoms. The fourth-order valence-electron chi connectivity index (χ4n) is 2.54. The second-order valence-electron chi connectivity index (χ2n) is 5.68. The zero-order chi connectivity index (χ0) is 17.8. The summed E-state index contributed by atoms with van der Waals surface area (Å²) in [5, 5.41) is 3.05. The Morgan fingerprint density at radius 3 is 3.00 bits per heavy atom. The number of nitrogens with zero attached hydrogens (tertiary/aromatic N) is 2. The zero-order valence-electron chi connectivity index (χ0n) is 14.1. The number of hydrogen-bond acceptors (Lipinski definition) is 6. The summed E-state index contributed by atoms with van der Waals surface area (Å²) in [6.45, 7) is 3.05. The van der Waals surface area contributed by atoms with Gasteiger partial charge in [0.25, 0.3) is 5.91 Å². The van der Waals surface area contributed by atoms with Gasteiger partial charge in [0.05, 0.1) is 19.3 Å². The van der Waals surface area contributed by atoms with Crippen LogP contribution in [0.3, 0.4) is 0 Å². The first-order valence-corrected chi connectivity index (χ1v) is 8.67. The molecule has 0 spiro atoms. The highest BCUT2D eigenvalue weighted by atomic mass is 32.1. The number of ether oxygens (including phenoxy) is 2. The van der Waals surface area contributed by atoms with Crippen molar-refractivity contribution in [3.05, 3.63) is 40.4 Å². The lowest BCUT2D eigenvalue weighted by Gasteiger charge is -2.26. The van der Waals surface area contributed by atoms with E-state index in [-0.39, 0.29) is 12.5 Å². The number of aromatic nitrogens is 1. The molecule has 2 aromatic rings. The van der Waals surface area contributed by atoms with Crippen LogP contribution >= 0.6 is 11.3 Å². The van der Waals surface area contributed by atoms with E-state index < -0.39 is 6.09 Å². The quantitative estimate of drug-likeness (QED) is 0.905. The predicted octanol–water partition coefficient (Wildman–Crippen LogP) is 2.59. The Balaban J connectivity index is 1.58. The molecule has 2 heterocycles. The van der Waals surface area contributed by atoms with Gasteiger partial charge < -0.3 is 14.4 Å². The second-order valence-corrected chi connectivity index (χ2v) is 6.76. The minimum absolute atomic E-state index is 0.00482. The molecule has 0 unspecified atom stereocenters. The van der Waals surface area contributed by atoms with Crippen molar-refractivity contribution in [1.29, 1.82) is 0 Å². The molecule has 3 rings (SSSR count). The number of methoxy groups -OCH3 is 1. The molecule has 1 aromatic carbocycles. The molecule has 1 aliphatic rings. The molecule has 0 atom stereocenters. The van der Waals surface area contributed by atoms with E-state index in [2.05, 4.69) is 15.0 Å². The molecular formula is C17H19N3O4S. The maximum Gasteiger partial charge on any atom is 0.413 e. The highest BCUT2D eigenvalue weighted by molar-refractivity contribution is 7.15. The number of carbonyl (C=O) groups is 2. The summed E-state index contributed by atoms with van der Waals surface area (Å²) >= 11 is 1.36. The minimum atomic E-state index is -0.550. The van der Waals surface area contributed by atoms with Gasteiger partial charge in [-0.2, -0.15) is 0 Å². The number of thiazole rings is 1. The fraction of sp³-hybridized carbons (Fsp3) is 0.353. The molecule has 0 aliphatic carbocycles. The Hall–Kier alpha value is -2.61. The largest absolute Gasteiger partial charge is 0.484 e. The maximum absolute atomic E-state index is 12.4. The van der Waals surface area contributed by atoms with E-state index in [0.717, 1.165) is 16.1 Å². The highest BCUT2D eigenvalue weighted by Gasteiger charge is 2.24. The number of anilines is 1. The van der Waals surface area contributed by atoms with E-state index in [1.807, 2.05) is 31.2 Å². The molecule has 0 saturated carbocycles. The number of amides is 2. The van der Waals surface area contributed by atoms with Crippen molar-refractivity contribution < 1.29 is 19.1 Å². The van der Waals surface area contributed by atoms with Gasteiger partial charge in [-0.25, -0.2) is 9.78 Å². The zero-order valence-corrected chi connectivity index (χ0v) is 14.9. The lowest BCUT2D eigenvalue weighted by molar-refractivity contribution is -0.134. The minimum Gasteiger partial charge on any atom is -0.484 e. The summed E-state index contributed by atoms with van der Waals surface area (Å²) in [5.41, 5.74) is 2.00. The number of hydrogen-bond donors (Lipinski definition) is 1. The van der Waals surface area contributed by atoms with Gasteiger partial charge in [-0.05, 0) is 24.6 Å². The van der Waals surface area contributed by atoms with Crippen LogP contribution in [-0.2, 0) is 22.5 Å². The summed E-state index contributed by atoms with van der Waals surface area (Å²) in [7, 11) is 1.30. The highest BCUT2D eigenvalue weighted by Crippen LogP contribution is 2.28. The number of rotatable bonds is 4. The monoisotopic (exact) mass is 361 g/mol. The lowest BCUT2D eigenvalue weighted by atomic mass is 10.2. The van der Waals surface area contributed by atoms with Crippen LogP contribution in [0.25, 0.3) is 0 Å². The summed E-state index contributed by atoms with van der Waals surface area (Å²) in [4.78, 5) is 30.8. The topological polar surface area (TPSA) is 80.8 Å². The van der Waals surface area contributed by atoms with E-state index in [1.54, 1.807) is 4.90 Å². The molecule has 1 aromatic heterocycles. The van der Waals surface area contributed by atoms with Crippen molar-refractivity contribution >= 4 is 28.5 Å². The van der Waals surface area contributed by atoms with E-state index in [4.69, 9.17) is 4.74 Å². The summed E-state index contributed by atoms with van der Waals surface area (Å²) < 4.78 is 10.1. The molecule has 0 fully saturated rings. The SMILES string of the molecule is COC(=O)Nc1nc2c(s1)CN(C(=O)COc1cccc(C)c1)CC2. The van der Waals surface area contributed by atoms with Crippen LogP contribution < -0.4 is 10.1 Å². The Morgan fingerprint density at radius 1 is 1.40 bits per heavy atom. The van der Waals surface area contributed by atoms with E-state index >= 15 is 0 Å². The second kappa shape index (κ2) is 7.52. The van der Waals surface area contributed by atoms with Gasteiger partial charge in [-0.1, -0.05) is 23.5 Å². The Labute approximate surface area is 149 Å². The van der Waals surface area contributed by atoms with Crippen LogP contribution in [0.4, 0.5) is 9.93 Å². The van der Waals surface area contributed by atoms with Gasteiger partial charge in [-0.3, -0.25) is 10.1 Å². The van der Waals surface area contributed by atoms with Crippen LogP contribution in [0.15, 0.2) is 24.3 Å². The molecule has 2 amide bonds. The summed E-state index contributed by atoms with van der Waals surface area (Å²) in [6, 6.07) is 7.61. The van der Waals surface area contributed by atoms with Crippen molar-refractivity contribution in [2.75, 3.05) is 25.6 Å². The standard InChI is InChI=1S/C17H19N3O4S/c1-11-4-3-5-12(8-11)24-10-15(21)20-7-6-13-14(9-20)25-16(18-13)19-17(22)23-2/h3-5,8H,6-7,9-10H2,1-2H3,(H,18,19,22). The molecular weight excluding hydrogens is 342 g/mol. The first-order valence-electron chi connectivity index (χ1n) is 7.86. The van der Waals surface area contributed by atoms with E-state index in [0.29, 0.717) is 30.4 Å². The number of fused-ring (bicyclic) bond motifs is 1. The number of benzene rings is 1. The maximum atomic E-state index is 12.4. The number of aryl methyl sites for hydroxylation is 1. The van der Waals surface area contributed by atoms with Crippen LogP contribution in [0.5, 0.6) is 5.75 Å². The molecule has 1 N–H and O–H groups in total. The van der Waals surface area contributed by atoms with Gasteiger partial charge >= 0.3 is 6.09 Å². The smallest absolute Gasteiger partial charge is 0.413 e. The van der Waals surface area contributed by atoms with Crippen LogP contribution in [0.2, 0.25) is 0 Å². The molecule has 1 aliphatic heterocycles. The Kier molecular flexibility index (Phi) is 5.18. The van der Waals surface area contributed by atoms with Crippen molar-refractivity contribution in [2.24, 2.45) is 0 Å². The van der Waals surface area contributed by atoms with Gasteiger partial charge in [-0.15, -0.1) is 0 Å². The molecule has 7 nitrogen and oxygen atoms in total. The van der Waals surface area contributed by atoms with Gasteiger partial charge in [0.2, 0.25) is 0 Å². The third kappa shape index (κ3) is 4.27. The Bertz CT molecular complexity index is 790. The average molecular weight is 361 g/mol. The van der Waals surface area contributed by atoms with E-state index in [9.17, 15) is 9.59 Å². The average Bonchev–Trinajstić information content (AvgIpc) is 3.00. The normalized spacial score (nSPS) is 13.1. The lowest BCUT2D eigenvalue weighted by Crippen LogP contribution is -2.38. The third-order valence-corrected chi connectivity index (χ3v) is 4.83. The molecule has 8 heteroatoms. The van der Waals surface area contributed by atoms with Gasteiger partial charge in [0.1, 0.15) is 5.75 Å². The van der Waals surface area contributed by atoms with Crippen molar-refractivity contribution in [3.63, 3.8) is 0 Å². The Morgan fingerprint density at radius 2 is 2.24 bits per heavy atom. The first-order chi connectivity index (χ1) is 12.0. The molecule has 132 valence electrons. The molecule has 0 radical (unpaired) electrons. The summed E-state index contributed by atoms with van der Waals surface area (Å²) in [6.07, 6.45) is 0.107. The number of nitrogens with one attached hydrogen (secondary N) is 1. The van der Waals surface area contributed by atoms with E-state index in [1.165, 1.54) is 18.4 Å². The van der Waals surface area contributed by atoms with Crippen LogP contribution in [0.1, 0.15) is 16.1 Å². The third-order valence-electron chi connectivity index (χ3n) is 3.83. The first kappa shape index (κ1) is 17.2. The predicted molar refractivity (Wildman–Crippen MR) is 93.9 cm³/mol. The van der Waals surface area contributed by atoms with Crippen molar-refractivity contribution in [3.8, 4) is 5.75 Å². The summed E-state index contributed by atoms with van der Waals surface area (Å²) in [5.74, 6) is 0.622. The van der Waals surface area contributed by atoms with Crippen molar-refractivity contribution in [1.82, 2.24) is 9.88 Å². The van der Waals surface area contributed by atoms with Crippen LogP contribution in [0, 0.1) is 6.92 Å². The van der Waals surface area contributed by atoms with Crippen molar-refractivity contribution in [2.45, 2.75) is 19.9 Å². The fourth-order valence-corrected chi connectivity index (χ4v) is 3.55. The van der Waals surface area contributed by atoms with Gasteiger partial charge in [0.15, 0.2) is 11.7 Å². The van der Waals surface area contributed by atoms with Crippen LogP contribution in [-0.4, -0.2) is 42.1 Å². The molecule has 0 saturated heterocycles. The van der Waals surface area contributed by atoms with Gasteiger partial charge in [0, 0.05) is 17.8 Å². The number of carbonyl (C=O) groups excluding carboxylic acids is 2.